The Labute approximate surface area is 88.2 Å². The molecule has 0 aliphatic heterocycles. The molecule has 16 heavy (non-hydrogen) atoms. The minimum atomic E-state index is -1.14. The molecule has 86 valence electrons. The van der Waals surface area contributed by atoms with Gasteiger partial charge in [-0.3, -0.25) is 9.97 Å². The van der Waals surface area contributed by atoms with Crippen molar-refractivity contribution in [3.8, 4) is 0 Å². The van der Waals surface area contributed by atoms with E-state index in [1.54, 1.807) is 0 Å². The maximum Gasteiger partial charge on any atom is 0.336 e. The van der Waals surface area contributed by atoms with Crippen LogP contribution < -0.4 is 17.1 Å². The van der Waals surface area contributed by atoms with Gasteiger partial charge >= 0.3 is 23.0 Å². The van der Waals surface area contributed by atoms with E-state index in [1.807, 2.05) is 9.97 Å². The highest BCUT2D eigenvalue weighted by atomic mass is 16.6. The molecule has 1 atom stereocenters. The molecule has 1 aromatic rings. The second-order valence-corrected chi connectivity index (χ2v) is 2.80. The standard InChI is InChI=1S/C8H9N3O5/c1-3-5(12)16-4(2)11-7(14)9-6(13)10-8(11)15/h3-4H,1H2,2H3,(H2,9,10,13,14,15). The molecule has 0 radical (unpaired) electrons. The number of carbonyl (C=O) groups is 1. The number of hydrogen-bond acceptors (Lipinski definition) is 5. The van der Waals surface area contributed by atoms with Crippen molar-refractivity contribution in [2.75, 3.05) is 0 Å². The number of hydrogen-bond donors (Lipinski definition) is 2. The predicted molar refractivity (Wildman–Crippen MR) is 52.9 cm³/mol. The second kappa shape index (κ2) is 4.43. The van der Waals surface area contributed by atoms with Crippen LogP contribution in [0.5, 0.6) is 0 Å². The largest absolute Gasteiger partial charge is 0.438 e. The molecule has 1 unspecified atom stereocenters. The molecule has 1 aromatic heterocycles. The Morgan fingerprint density at radius 1 is 1.38 bits per heavy atom. The molecule has 0 spiro atoms. The molecule has 0 aliphatic carbocycles. The molecule has 0 fully saturated rings. The summed E-state index contributed by atoms with van der Waals surface area (Å²) in [5.74, 6) is -0.787. The number of aromatic amines is 2. The van der Waals surface area contributed by atoms with Crippen LogP contribution >= 0.6 is 0 Å². The zero-order valence-corrected chi connectivity index (χ0v) is 8.35. The first kappa shape index (κ1) is 11.7. The Kier molecular flexibility index (Phi) is 3.24. The van der Waals surface area contributed by atoms with E-state index < -0.39 is 29.3 Å². The number of esters is 1. The molecule has 2 N–H and O–H groups in total. The first-order chi connectivity index (χ1) is 7.45. The van der Waals surface area contributed by atoms with Crippen LogP contribution in [-0.2, 0) is 9.53 Å². The number of rotatable bonds is 3. The van der Waals surface area contributed by atoms with Crippen molar-refractivity contribution < 1.29 is 9.53 Å². The van der Waals surface area contributed by atoms with Crippen molar-refractivity contribution in [1.82, 2.24) is 14.5 Å². The maximum absolute atomic E-state index is 11.2. The number of nitrogens with zero attached hydrogens (tertiary/aromatic N) is 1. The summed E-state index contributed by atoms with van der Waals surface area (Å²) in [6, 6.07) is 0. The first-order valence-corrected chi connectivity index (χ1v) is 4.24. The van der Waals surface area contributed by atoms with Crippen LogP contribution in [0.25, 0.3) is 0 Å². The van der Waals surface area contributed by atoms with Crippen LogP contribution in [0.3, 0.4) is 0 Å². The van der Waals surface area contributed by atoms with E-state index in [4.69, 9.17) is 0 Å². The number of aromatic nitrogens is 3. The zero-order chi connectivity index (χ0) is 12.3. The number of nitrogens with one attached hydrogen (secondary N) is 2. The van der Waals surface area contributed by atoms with Crippen LogP contribution in [0.4, 0.5) is 0 Å². The van der Waals surface area contributed by atoms with Crippen molar-refractivity contribution in [2.24, 2.45) is 0 Å². The lowest BCUT2D eigenvalue weighted by molar-refractivity contribution is -0.146. The molecule has 0 bridgehead atoms. The Bertz CT molecular complexity index is 544. The number of H-pyrrole nitrogens is 2. The van der Waals surface area contributed by atoms with Crippen LogP contribution in [0.2, 0.25) is 0 Å². The van der Waals surface area contributed by atoms with Gasteiger partial charge in [-0.15, -0.1) is 0 Å². The number of carbonyl (C=O) groups excluding carboxylic acids is 1. The van der Waals surface area contributed by atoms with Gasteiger partial charge in [0.25, 0.3) is 0 Å². The van der Waals surface area contributed by atoms with Crippen LogP contribution in [0.15, 0.2) is 27.0 Å². The summed E-state index contributed by atoms with van der Waals surface area (Å²) in [7, 11) is 0. The van der Waals surface area contributed by atoms with Gasteiger partial charge in [0.1, 0.15) is 0 Å². The molecular formula is C8H9N3O5. The molecule has 0 amide bonds. The summed E-state index contributed by atoms with van der Waals surface area (Å²) in [5, 5.41) is 0. The minimum absolute atomic E-state index is 0.558. The van der Waals surface area contributed by atoms with Gasteiger partial charge in [-0.05, 0) is 6.92 Å². The summed E-state index contributed by atoms with van der Waals surface area (Å²) in [4.78, 5) is 47.7. The Morgan fingerprint density at radius 2 is 1.88 bits per heavy atom. The average Bonchev–Trinajstić information content (AvgIpc) is 2.15. The number of ether oxygens (including phenoxy) is 1. The molecule has 1 rings (SSSR count). The summed E-state index contributed by atoms with van der Waals surface area (Å²) in [5.41, 5.74) is -2.84. The van der Waals surface area contributed by atoms with Crippen molar-refractivity contribution in [3.05, 3.63) is 44.1 Å². The highest BCUT2D eigenvalue weighted by molar-refractivity contribution is 5.81. The highest BCUT2D eigenvalue weighted by Crippen LogP contribution is 2.00. The third-order valence-electron chi connectivity index (χ3n) is 1.70. The zero-order valence-electron chi connectivity index (χ0n) is 8.35. The van der Waals surface area contributed by atoms with Crippen molar-refractivity contribution >= 4 is 5.97 Å². The Morgan fingerprint density at radius 3 is 2.31 bits per heavy atom. The van der Waals surface area contributed by atoms with Gasteiger partial charge in [0.15, 0.2) is 6.23 Å². The fourth-order valence-electron chi connectivity index (χ4n) is 1.04. The van der Waals surface area contributed by atoms with Crippen LogP contribution in [-0.4, -0.2) is 20.5 Å². The monoisotopic (exact) mass is 227 g/mol. The highest BCUT2D eigenvalue weighted by Gasteiger charge is 2.13. The molecule has 0 aromatic carbocycles. The fraction of sp³-hybridized carbons (Fsp3) is 0.250. The molecule has 0 aliphatic rings. The third kappa shape index (κ3) is 2.35. The van der Waals surface area contributed by atoms with Crippen LogP contribution in [0.1, 0.15) is 13.2 Å². The lowest BCUT2D eigenvalue weighted by Crippen LogP contribution is -2.45. The SMILES string of the molecule is C=CC(=O)OC(C)n1c(=O)[nH]c(=O)[nH]c1=O. The van der Waals surface area contributed by atoms with Crippen LogP contribution in [0, 0.1) is 0 Å². The maximum atomic E-state index is 11.2. The summed E-state index contributed by atoms with van der Waals surface area (Å²) < 4.78 is 5.21. The Hall–Kier alpha value is -2.38. The normalized spacial score (nSPS) is 11.8. The van der Waals surface area contributed by atoms with Crippen molar-refractivity contribution in [2.45, 2.75) is 13.2 Å². The Balaban J connectivity index is 3.19. The van der Waals surface area contributed by atoms with E-state index in [0.29, 0.717) is 4.57 Å². The average molecular weight is 227 g/mol. The second-order valence-electron chi connectivity index (χ2n) is 2.80. The molecule has 0 saturated carbocycles. The lowest BCUT2D eigenvalue weighted by Gasteiger charge is -2.12. The van der Waals surface area contributed by atoms with Gasteiger partial charge < -0.3 is 4.74 Å². The molecule has 8 heteroatoms. The molecular weight excluding hydrogens is 218 g/mol. The first-order valence-electron chi connectivity index (χ1n) is 4.24. The third-order valence-corrected chi connectivity index (χ3v) is 1.70. The van der Waals surface area contributed by atoms with E-state index in [-0.39, 0.29) is 0 Å². The molecule has 8 nitrogen and oxygen atoms in total. The fourth-order valence-corrected chi connectivity index (χ4v) is 1.04. The van der Waals surface area contributed by atoms with E-state index in [0.717, 1.165) is 6.08 Å². The van der Waals surface area contributed by atoms with E-state index >= 15 is 0 Å². The summed E-state index contributed by atoms with van der Waals surface area (Å²) in [6.07, 6.45) is -0.250. The topological polar surface area (TPSA) is 114 Å². The summed E-state index contributed by atoms with van der Waals surface area (Å²) >= 11 is 0. The predicted octanol–water partition coefficient (Wildman–Crippen LogP) is -1.53. The van der Waals surface area contributed by atoms with Gasteiger partial charge in [-0.2, -0.15) is 0 Å². The van der Waals surface area contributed by atoms with E-state index in [2.05, 4.69) is 11.3 Å². The van der Waals surface area contributed by atoms with E-state index in [9.17, 15) is 19.2 Å². The molecule has 0 saturated heterocycles. The van der Waals surface area contributed by atoms with Crippen molar-refractivity contribution in [1.29, 1.82) is 0 Å². The summed E-state index contributed by atoms with van der Waals surface area (Å²) in [6.45, 7) is 4.46. The van der Waals surface area contributed by atoms with E-state index in [1.165, 1.54) is 6.92 Å². The molecule has 1 heterocycles. The quantitative estimate of drug-likeness (QED) is 0.480. The van der Waals surface area contributed by atoms with Gasteiger partial charge in [-0.1, -0.05) is 6.58 Å². The van der Waals surface area contributed by atoms with Gasteiger partial charge in [-0.25, -0.2) is 23.7 Å². The minimum Gasteiger partial charge on any atom is -0.438 e. The van der Waals surface area contributed by atoms with Crippen molar-refractivity contribution in [3.63, 3.8) is 0 Å². The smallest absolute Gasteiger partial charge is 0.336 e. The lowest BCUT2D eigenvalue weighted by atomic mass is 10.6. The van der Waals surface area contributed by atoms with Gasteiger partial charge in [0.2, 0.25) is 0 Å². The van der Waals surface area contributed by atoms with Gasteiger partial charge in [0, 0.05) is 6.08 Å². The van der Waals surface area contributed by atoms with Gasteiger partial charge in [0.05, 0.1) is 0 Å².